The summed E-state index contributed by atoms with van der Waals surface area (Å²) >= 11 is 1.44. The molecule has 5 heteroatoms. The number of rotatable bonds is 5. The van der Waals surface area contributed by atoms with Crippen molar-refractivity contribution < 1.29 is 4.74 Å². The summed E-state index contributed by atoms with van der Waals surface area (Å²) in [5.74, 6) is 0.798. The lowest BCUT2D eigenvalue weighted by atomic mass is 10.1. The maximum Gasteiger partial charge on any atom is 0.187 e. The molecule has 2 rings (SSSR count). The van der Waals surface area contributed by atoms with Crippen LogP contribution >= 0.6 is 11.3 Å². The van der Waals surface area contributed by atoms with Crippen molar-refractivity contribution in [3.63, 3.8) is 0 Å². The average Bonchev–Trinajstić information content (AvgIpc) is 2.93. The highest BCUT2D eigenvalue weighted by Gasteiger charge is 2.15. The molecule has 0 saturated heterocycles. The lowest BCUT2D eigenvalue weighted by Gasteiger charge is -2.16. The van der Waals surface area contributed by atoms with Crippen molar-refractivity contribution in [2.45, 2.75) is 13.8 Å². The number of hydrogen-bond donors (Lipinski definition) is 0. The molecule has 104 valence electrons. The Morgan fingerprint density at radius 3 is 2.40 bits per heavy atom. The third-order valence-electron chi connectivity index (χ3n) is 3.11. The van der Waals surface area contributed by atoms with Crippen LogP contribution in [0.1, 0.15) is 18.7 Å². The molecule has 0 atom stereocenters. The van der Waals surface area contributed by atoms with Crippen LogP contribution in [-0.4, -0.2) is 25.2 Å². The van der Waals surface area contributed by atoms with E-state index in [1.165, 1.54) is 11.3 Å². The second kappa shape index (κ2) is 6.40. The summed E-state index contributed by atoms with van der Waals surface area (Å²) in [7, 11) is 1.64. The minimum atomic E-state index is 0.650. The van der Waals surface area contributed by atoms with Crippen LogP contribution in [0.5, 0.6) is 5.75 Å². The van der Waals surface area contributed by atoms with Gasteiger partial charge in [-0.25, -0.2) is 4.98 Å². The van der Waals surface area contributed by atoms with Crippen molar-refractivity contribution in [2.24, 2.45) is 0 Å². The summed E-state index contributed by atoms with van der Waals surface area (Å²) in [5, 5.41) is 10.2. The molecule has 0 amide bonds. The van der Waals surface area contributed by atoms with Gasteiger partial charge >= 0.3 is 0 Å². The number of anilines is 1. The SMILES string of the molecule is CCN(CC)c1nc(-c2ccc(OC)cc2)c(C#N)s1. The number of hydrogen-bond acceptors (Lipinski definition) is 5. The minimum absolute atomic E-state index is 0.650. The summed E-state index contributed by atoms with van der Waals surface area (Å²) < 4.78 is 5.15. The Labute approximate surface area is 123 Å². The Morgan fingerprint density at radius 2 is 1.90 bits per heavy atom. The molecule has 0 N–H and O–H groups in total. The second-order valence-corrected chi connectivity index (χ2v) is 5.16. The molecule has 1 aromatic carbocycles. The minimum Gasteiger partial charge on any atom is -0.497 e. The van der Waals surface area contributed by atoms with Crippen LogP contribution in [0.25, 0.3) is 11.3 Å². The summed E-state index contributed by atoms with van der Waals surface area (Å²) in [6, 6.07) is 9.87. The molecule has 0 spiro atoms. The number of ether oxygens (including phenoxy) is 1. The molecule has 0 aliphatic rings. The average molecular weight is 287 g/mol. The van der Waals surface area contributed by atoms with Gasteiger partial charge in [0, 0.05) is 18.7 Å². The van der Waals surface area contributed by atoms with Crippen molar-refractivity contribution in [2.75, 3.05) is 25.1 Å². The Morgan fingerprint density at radius 1 is 1.25 bits per heavy atom. The van der Waals surface area contributed by atoms with Gasteiger partial charge in [-0.05, 0) is 38.1 Å². The largest absolute Gasteiger partial charge is 0.497 e. The van der Waals surface area contributed by atoms with E-state index in [9.17, 15) is 5.26 Å². The number of aromatic nitrogens is 1. The molecule has 0 aliphatic carbocycles. The van der Waals surface area contributed by atoms with Crippen molar-refractivity contribution in [3.05, 3.63) is 29.1 Å². The van der Waals surface area contributed by atoms with Gasteiger partial charge in [-0.3, -0.25) is 0 Å². The van der Waals surface area contributed by atoms with Crippen molar-refractivity contribution in [1.82, 2.24) is 4.98 Å². The predicted molar refractivity (Wildman–Crippen MR) is 82.4 cm³/mol. The fourth-order valence-electron chi connectivity index (χ4n) is 1.96. The van der Waals surface area contributed by atoms with E-state index in [2.05, 4.69) is 29.8 Å². The molecule has 1 aromatic heterocycles. The first kappa shape index (κ1) is 14.4. The number of benzene rings is 1. The van der Waals surface area contributed by atoms with Gasteiger partial charge in [0.1, 0.15) is 22.4 Å². The fraction of sp³-hybridized carbons (Fsp3) is 0.333. The Balaban J connectivity index is 2.42. The highest BCUT2D eigenvalue weighted by Crippen LogP contribution is 2.33. The van der Waals surface area contributed by atoms with Gasteiger partial charge < -0.3 is 9.64 Å². The highest BCUT2D eigenvalue weighted by molar-refractivity contribution is 7.16. The first-order valence-corrected chi connectivity index (χ1v) is 7.35. The Hall–Kier alpha value is -2.06. The lowest BCUT2D eigenvalue weighted by molar-refractivity contribution is 0.415. The zero-order valence-electron chi connectivity index (χ0n) is 11.9. The number of nitriles is 1. The van der Waals surface area contributed by atoms with Crippen LogP contribution in [0.3, 0.4) is 0 Å². The van der Waals surface area contributed by atoms with Crippen molar-refractivity contribution >= 4 is 16.5 Å². The number of nitrogens with zero attached hydrogens (tertiary/aromatic N) is 3. The zero-order chi connectivity index (χ0) is 14.5. The van der Waals surface area contributed by atoms with Gasteiger partial charge in [0.05, 0.1) is 7.11 Å². The van der Waals surface area contributed by atoms with E-state index >= 15 is 0 Å². The summed E-state index contributed by atoms with van der Waals surface area (Å²) in [5.41, 5.74) is 1.69. The summed E-state index contributed by atoms with van der Waals surface area (Å²) in [6.07, 6.45) is 0. The van der Waals surface area contributed by atoms with Gasteiger partial charge in [0.15, 0.2) is 5.13 Å². The van der Waals surface area contributed by atoms with E-state index in [0.29, 0.717) is 4.88 Å². The maximum atomic E-state index is 9.30. The van der Waals surface area contributed by atoms with E-state index in [4.69, 9.17) is 4.74 Å². The summed E-state index contributed by atoms with van der Waals surface area (Å²) in [6.45, 7) is 5.95. The third kappa shape index (κ3) is 2.75. The third-order valence-corrected chi connectivity index (χ3v) is 4.14. The topological polar surface area (TPSA) is 49.2 Å². The van der Waals surface area contributed by atoms with Gasteiger partial charge in [-0.2, -0.15) is 5.26 Å². The second-order valence-electron chi connectivity index (χ2n) is 4.19. The molecule has 0 fully saturated rings. The highest BCUT2D eigenvalue weighted by atomic mass is 32.1. The molecule has 20 heavy (non-hydrogen) atoms. The Bertz CT molecular complexity index is 609. The standard InChI is InChI=1S/C15H17N3OS/c1-4-18(5-2)15-17-14(13(10-16)20-15)11-6-8-12(19-3)9-7-11/h6-9H,4-5H2,1-3H3. The van der Waals surface area contributed by atoms with Gasteiger partial charge in [0.2, 0.25) is 0 Å². The lowest BCUT2D eigenvalue weighted by Crippen LogP contribution is -2.21. The van der Waals surface area contributed by atoms with Crippen LogP contribution < -0.4 is 9.64 Å². The molecule has 0 radical (unpaired) electrons. The molecule has 0 aliphatic heterocycles. The van der Waals surface area contributed by atoms with Crippen molar-refractivity contribution in [3.8, 4) is 23.1 Å². The Kier molecular flexibility index (Phi) is 4.59. The molecule has 4 nitrogen and oxygen atoms in total. The van der Waals surface area contributed by atoms with Crippen LogP contribution in [0.4, 0.5) is 5.13 Å². The maximum absolute atomic E-state index is 9.30. The molecule has 0 saturated carbocycles. The molecular weight excluding hydrogens is 270 g/mol. The number of thiazole rings is 1. The van der Waals surface area contributed by atoms with Gasteiger partial charge in [0.25, 0.3) is 0 Å². The van der Waals surface area contributed by atoms with E-state index in [0.717, 1.165) is 35.2 Å². The smallest absolute Gasteiger partial charge is 0.187 e. The van der Waals surface area contributed by atoms with E-state index in [1.807, 2.05) is 24.3 Å². The van der Waals surface area contributed by atoms with Crippen LogP contribution in [0.2, 0.25) is 0 Å². The van der Waals surface area contributed by atoms with E-state index in [-0.39, 0.29) is 0 Å². The van der Waals surface area contributed by atoms with Crippen LogP contribution in [-0.2, 0) is 0 Å². The first-order valence-electron chi connectivity index (χ1n) is 6.53. The zero-order valence-corrected chi connectivity index (χ0v) is 12.7. The molecule has 0 bridgehead atoms. The molecule has 2 aromatic rings. The molecule has 1 heterocycles. The quantitative estimate of drug-likeness (QED) is 0.844. The number of methoxy groups -OCH3 is 1. The van der Waals surface area contributed by atoms with E-state index < -0.39 is 0 Å². The predicted octanol–water partition coefficient (Wildman–Crippen LogP) is 3.54. The fourth-order valence-corrected chi connectivity index (χ4v) is 2.97. The normalized spacial score (nSPS) is 10.1. The van der Waals surface area contributed by atoms with Crippen LogP contribution in [0.15, 0.2) is 24.3 Å². The van der Waals surface area contributed by atoms with Crippen molar-refractivity contribution in [1.29, 1.82) is 5.26 Å². The van der Waals surface area contributed by atoms with Gasteiger partial charge in [-0.1, -0.05) is 11.3 Å². The first-order chi connectivity index (χ1) is 9.73. The monoisotopic (exact) mass is 287 g/mol. The molecule has 0 unspecified atom stereocenters. The van der Waals surface area contributed by atoms with Crippen LogP contribution in [0, 0.1) is 11.3 Å². The molecular formula is C15H17N3OS. The summed E-state index contributed by atoms with van der Waals surface area (Å²) in [4.78, 5) is 7.43. The van der Waals surface area contributed by atoms with Gasteiger partial charge in [-0.15, -0.1) is 0 Å². The van der Waals surface area contributed by atoms with E-state index in [1.54, 1.807) is 7.11 Å².